The van der Waals surface area contributed by atoms with E-state index in [9.17, 15) is 20.0 Å². The number of fused-ring (bicyclic) bond motifs is 3. The minimum absolute atomic E-state index is 0.0781. The molecule has 57 heavy (non-hydrogen) atoms. The molecular weight excluding hydrogens is 756 g/mol. The van der Waals surface area contributed by atoms with Crippen LogP contribution >= 0.6 is 11.6 Å². The van der Waals surface area contributed by atoms with Crippen molar-refractivity contribution in [3.05, 3.63) is 142 Å². The van der Waals surface area contributed by atoms with Gasteiger partial charge < -0.3 is 23.9 Å². The van der Waals surface area contributed by atoms with Gasteiger partial charge in [-0.1, -0.05) is 111 Å². The average Bonchev–Trinajstić information content (AvgIpc) is 3.34. The second-order valence-corrected chi connectivity index (χ2v) is 21.8. The second-order valence-electron chi connectivity index (χ2n) is 17.1. The number of nitrogens with zero attached hydrogens (tertiary/aromatic N) is 2. The van der Waals surface area contributed by atoms with E-state index >= 15 is 0 Å². The molecule has 1 aliphatic heterocycles. The Kier molecular flexibility index (Phi) is 11.5. The lowest BCUT2D eigenvalue weighted by Crippen LogP contribution is -2.68. The molecule has 300 valence electrons. The van der Waals surface area contributed by atoms with Crippen molar-refractivity contribution in [1.82, 2.24) is 0 Å². The normalized spacial score (nSPS) is 22.1. The Bertz CT molecular complexity index is 2070. The Labute approximate surface area is 341 Å². The summed E-state index contributed by atoms with van der Waals surface area (Å²) in [6.07, 6.45) is 6.48. The van der Waals surface area contributed by atoms with Crippen LogP contribution < -0.4 is 20.0 Å². The van der Waals surface area contributed by atoms with Crippen LogP contribution in [0.3, 0.4) is 0 Å². The van der Waals surface area contributed by atoms with Crippen molar-refractivity contribution in [3.8, 4) is 5.75 Å². The van der Waals surface area contributed by atoms with Gasteiger partial charge in [-0.05, 0) is 94.7 Å². The lowest BCUT2D eigenvalue weighted by Gasteiger charge is -2.50. The highest BCUT2D eigenvalue weighted by Crippen LogP contribution is 2.49. The number of nitro groups is 1. The number of ether oxygens (including phenoxy) is 2. The monoisotopic (exact) mass is 808 g/mol. The summed E-state index contributed by atoms with van der Waals surface area (Å²) in [6.45, 7) is 11.8. The van der Waals surface area contributed by atoms with Crippen LogP contribution in [0.2, 0.25) is 10.1 Å². The van der Waals surface area contributed by atoms with Gasteiger partial charge in [0.25, 0.3) is 13.9 Å². The third kappa shape index (κ3) is 7.53. The summed E-state index contributed by atoms with van der Waals surface area (Å²) in [5, 5.41) is 26.3. The highest BCUT2D eigenvalue weighted by molar-refractivity contribution is 6.99. The van der Waals surface area contributed by atoms with Gasteiger partial charge in [-0.3, -0.25) is 10.1 Å². The van der Waals surface area contributed by atoms with E-state index in [1.54, 1.807) is 12.1 Å². The zero-order valence-corrected chi connectivity index (χ0v) is 35.0. The smallest absolute Gasteiger partial charge is 0.349 e. The predicted molar refractivity (Wildman–Crippen MR) is 227 cm³/mol. The van der Waals surface area contributed by atoms with Crippen molar-refractivity contribution in [3.63, 3.8) is 0 Å². The molecule has 1 saturated carbocycles. The van der Waals surface area contributed by atoms with Crippen molar-refractivity contribution in [1.29, 1.82) is 0 Å². The van der Waals surface area contributed by atoms with Gasteiger partial charge in [0.05, 0.1) is 25.5 Å². The van der Waals surface area contributed by atoms with Gasteiger partial charge in [-0.2, -0.15) is 0 Å². The van der Waals surface area contributed by atoms with Crippen LogP contribution in [0.1, 0.15) is 63.1 Å². The molecule has 1 N–H and O–H groups in total. The third-order valence-corrected chi connectivity index (χ3v) is 18.0. The number of carbonyl (C=O) groups excluding carboxylic acids is 1. The van der Waals surface area contributed by atoms with Gasteiger partial charge in [0.1, 0.15) is 5.75 Å². The van der Waals surface area contributed by atoms with E-state index in [2.05, 4.69) is 92.9 Å². The lowest BCUT2D eigenvalue weighted by atomic mass is 9.68. The summed E-state index contributed by atoms with van der Waals surface area (Å²) < 4.78 is 19.3. The summed E-state index contributed by atoms with van der Waals surface area (Å²) in [7, 11) is -1.79. The number of hydrogen-bond donors (Lipinski definition) is 1. The van der Waals surface area contributed by atoms with E-state index in [4.69, 9.17) is 25.5 Å². The van der Waals surface area contributed by atoms with Gasteiger partial charge in [-0.25, -0.2) is 4.79 Å². The summed E-state index contributed by atoms with van der Waals surface area (Å²) in [4.78, 5) is 26.4. The molecule has 0 radical (unpaired) electrons. The molecule has 2 aliphatic carbocycles. The summed E-state index contributed by atoms with van der Waals surface area (Å²) >= 11 is 6.51. The summed E-state index contributed by atoms with van der Waals surface area (Å²) in [5.74, 6) is -0.146. The fourth-order valence-corrected chi connectivity index (χ4v) is 14.6. The molecule has 3 aliphatic rings. The van der Waals surface area contributed by atoms with E-state index in [1.165, 1.54) is 27.6 Å². The number of rotatable bonds is 12. The van der Waals surface area contributed by atoms with E-state index in [0.29, 0.717) is 36.2 Å². The van der Waals surface area contributed by atoms with Crippen LogP contribution in [0.25, 0.3) is 0 Å². The Morgan fingerprint density at radius 3 is 2.33 bits per heavy atom. The molecule has 1 heterocycles. The molecule has 5 atom stereocenters. The number of hydrogen-bond acceptors (Lipinski definition) is 8. The first-order valence-corrected chi connectivity index (χ1v) is 22.2. The zero-order chi connectivity index (χ0) is 40.6. The molecule has 11 heteroatoms. The number of benzene rings is 4. The maximum absolute atomic E-state index is 13.0. The Hall–Kier alpha value is -4.48. The number of carbonyl (C=O) groups is 1. The number of halogens is 1. The molecule has 4 aromatic rings. The molecule has 0 saturated heterocycles. The standard InChI is InChI=1S/C46H53ClN2O7Si/c1-6-41(56-57(44(2,3)4,36-15-9-7-10-16-36)37-17-11-8-12-18-37)38-22-19-33(38)28-48-29-45(25-13-14-32-26-35(47)21-23-39(32)45)31-55-42-24-20-34(27-40(42)48)46(51,30-49(52)53)43(50)54-5/h6-12,15-18,20-21,23-24,26-27,33,38,41,51H,1,13-14,19,22,25,28-31H2,2-5H3/t33-,38+,41-,45-,46-/m0/s1. The van der Waals surface area contributed by atoms with Gasteiger partial charge in [0.2, 0.25) is 6.54 Å². The molecule has 1 fully saturated rings. The first kappa shape index (κ1) is 40.7. The topological polar surface area (TPSA) is 111 Å². The van der Waals surface area contributed by atoms with E-state index in [0.717, 1.165) is 39.2 Å². The highest BCUT2D eigenvalue weighted by Gasteiger charge is 2.54. The van der Waals surface area contributed by atoms with Gasteiger partial charge in [0, 0.05) is 34.0 Å². The van der Waals surface area contributed by atoms with Crippen LogP contribution in [-0.4, -0.2) is 63.8 Å². The van der Waals surface area contributed by atoms with Crippen molar-refractivity contribution in [2.75, 3.05) is 38.3 Å². The largest absolute Gasteiger partial charge is 0.490 e. The summed E-state index contributed by atoms with van der Waals surface area (Å²) in [5.41, 5.74) is 0.299. The van der Waals surface area contributed by atoms with E-state index in [1.807, 2.05) is 24.3 Å². The van der Waals surface area contributed by atoms with Crippen molar-refractivity contribution in [2.24, 2.45) is 11.8 Å². The Morgan fingerprint density at radius 1 is 1.07 bits per heavy atom. The second kappa shape index (κ2) is 16.0. The number of aliphatic hydroxyl groups is 1. The minimum atomic E-state index is -2.90. The number of aryl methyl sites for hydroxylation is 1. The lowest BCUT2D eigenvalue weighted by molar-refractivity contribution is -0.499. The molecule has 0 aromatic heterocycles. The molecule has 4 aromatic carbocycles. The molecular formula is C46H53ClN2O7Si. The Balaban J connectivity index is 1.29. The van der Waals surface area contributed by atoms with Crippen LogP contribution in [0.5, 0.6) is 5.75 Å². The van der Waals surface area contributed by atoms with E-state index < -0.39 is 31.4 Å². The maximum atomic E-state index is 13.0. The quantitative estimate of drug-likeness (QED) is 0.0513. The highest BCUT2D eigenvalue weighted by atomic mass is 35.5. The van der Waals surface area contributed by atoms with Crippen molar-refractivity contribution < 1.29 is 28.7 Å². The minimum Gasteiger partial charge on any atom is -0.490 e. The fourth-order valence-electron chi connectivity index (χ4n) is 9.74. The average molecular weight is 809 g/mol. The zero-order valence-electron chi connectivity index (χ0n) is 33.3. The predicted octanol–water partition coefficient (Wildman–Crippen LogP) is 7.61. The molecule has 7 rings (SSSR count). The molecule has 0 bridgehead atoms. The fraction of sp³-hybridized carbons (Fsp3) is 0.413. The molecule has 0 amide bonds. The molecule has 9 nitrogen and oxygen atoms in total. The first-order valence-electron chi connectivity index (χ1n) is 19.9. The van der Waals surface area contributed by atoms with Gasteiger partial charge in [-0.15, -0.1) is 6.58 Å². The Morgan fingerprint density at radius 2 is 1.75 bits per heavy atom. The van der Waals surface area contributed by atoms with Gasteiger partial charge in [0.15, 0.2) is 0 Å². The van der Waals surface area contributed by atoms with Crippen LogP contribution in [0, 0.1) is 22.0 Å². The first-order chi connectivity index (χ1) is 27.2. The van der Waals surface area contributed by atoms with Crippen LogP contribution in [0.4, 0.5) is 5.69 Å². The molecule has 0 unspecified atom stereocenters. The van der Waals surface area contributed by atoms with Crippen molar-refractivity contribution in [2.45, 2.75) is 75.0 Å². The number of methoxy groups -OCH3 is 1. The van der Waals surface area contributed by atoms with Crippen LogP contribution in [0.15, 0.2) is 110 Å². The molecule has 1 spiro atoms. The van der Waals surface area contributed by atoms with E-state index in [-0.39, 0.29) is 34.0 Å². The maximum Gasteiger partial charge on any atom is 0.349 e. The van der Waals surface area contributed by atoms with Crippen molar-refractivity contribution >= 4 is 41.9 Å². The SMILES string of the molecule is C=C[C@H](O[Si](c1ccccc1)(c1ccccc1)C(C)(C)C)[C@@H]1CC[C@H]1CN1C[C@@]2(CCCc3cc(Cl)ccc32)COc2ccc([C@@](O)(C[N+](=O)[O-])C(=O)OC)cc21. The number of esters is 1. The van der Waals surface area contributed by atoms with Crippen LogP contribution in [-0.2, 0) is 31.4 Å². The van der Waals surface area contributed by atoms with Gasteiger partial charge >= 0.3 is 5.97 Å². The third-order valence-electron chi connectivity index (χ3n) is 12.7. The summed E-state index contributed by atoms with van der Waals surface area (Å²) in [6, 6.07) is 32.4. The number of anilines is 1.